The third-order valence-electron chi connectivity index (χ3n) is 2.16. The van der Waals surface area contributed by atoms with Gasteiger partial charge in [-0.1, -0.05) is 0 Å². The molecule has 76 valence electrons. The van der Waals surface area contributed by atoms with Crippen LogP contribution in [-0.2, 0) is 0 Å². The number of nitrogens with zero attached hydrogens (tertiary/aromatic N) is 1. The van der Waals surface area contributed by atoms with Crippen LogP contribution >= 0.6 is 0 Å². The van der Waals surface area contributed by atoms with Crippen LogP contribution in [0.3, 0.4) is 0 Å². The van der Waals surface area contributed by atoms with Gasteiger partial charge in [0.1, 0.15) is 0 Å². The number of rotatable bonds is 9. The number of hydrogen-bond donors (Lipinski definition) is 0. The van der Waals surface area contributed by atoms with E-state index in [1.807, 2.05) is 0 Å². The minimum absolute atomic E-state index is 0.266. The van der Waals surface area contributed by atoms with Crippen molar-refractivity contribution < 1.29 is 0 Å². The molecule has 0 rings (SSSR count). The molecule has 0 N–H and O–H groups in total. The van der Waals surface area contributed by atoms with E-state index in [4.69, 9.17) is 5.26 Å². The molecule has 13 heavy (non-hydrogen) atoms. The van der Waals surface area contributed by atoms with Gasteiger partial charge >= 0.3 is 88.8 Å². The standard InChI is InChI=1S/C11H21NSe/c1-2-3-4-5-6-7-8-9-10-13-11-12/h2-10H2,1H3. The summed E-state index contributed by atoms with van der Waals surface area (Å²) in [5, 5.41) is 9.51. The second kappa shape index (κ2) is 12.0. The molecule has 0 aromatic carbocycles. The van der Waals surface area contributed by atoms with Crippen molar-refractivity contribution in [1.82, 2.24) is 0 Å². The Morgan fingerprint density at radius 1 is 0.923 bits per heavy atom. The Bertz CT molecular complexity index is 129. The Labute approximate surface area is 89.1 Å². The molecule has 1 nitrogen and oxygen atoms in total. The summed E-state index contributed by atoms with van der Waals surface area (Å²) in [6, 6.07) is 0. The van der Waals surface area contributed by atoms with Gasteiger partial charge < -0.3 is 0 Å². The molecule has 0 aliphatic heterocycles. The summed E-state index contributed by atoms with van der Waals surface area (Å²) in [6.07, 6.45) is 11.0. The SMILES string of the molecule is CCCCCCCCCC[Se]C#N. The molecular weight excluding hydrogens is 225 g/mol. The Morgan fingerprint density at radius 3 is 2.00 bits per heavy atom. The van der Waals surface area contributed by atoms with E-state index < -0.39 is 0 Å². The van der Waals surface area contributed by atoms with Crippen LogP contribution in [0.4, 0.5) is 0 Å². The fourth-order valence-electron chi connectivity index (χ4n) is 1.35. The molecule has 0 bridgehead atoms. The van der Waals surface area contributed by atoms with Gasteiger partial charge in [0.25, 0.3) is 0 Å². The average molecular weight is 246 g/mol. The zero-order valence-corrected chi connectivity index (χ0v) is 10.4. The first-order valence-electron chi connectivity index (χ1n) is 5.42. The first-order chi connectivity index (χ1) is 6.41. The van der Waals surface area contributed by atoms with Crippen molar-refractivity contribution in [3.8, 4) is 4.97 Å². The summed E-state index contributed by atoms with van der Waals surface area (Å²) in [4.78, 5) is 2.25. The van der Waals surface area contributed by atoms with E-state index in [0.29, 0.717) is 0 Å². The van der Waals surface area contributed by atoms with Crippen molar-refractivity contribution in [2.75, 3.05) is 0 Å². The van der Waals surface area contributed by atoms with Crippen LogP contribution in [0.15, 0.2) is 0 Å². The van der Waals surface area contributed by atoms with Crippen LogP contribution in [-0.4, -0.2) is 15.0 Å². The molecule has 0 fully saturated rings. The van der Waals surface area contributed by atoms with Gasteiger partial charge in [0.2, 0.25) is 0 Å². The Balaban J connectivity index is 2.80. The van der Waals surface area contributed by atoms with Gasteiger partial charge in [0, 0.05) is 0 Å². The molecule has 0 radical (unpaired) electrons. The van der Waals surface area contributed by atoms with E-state index in [-0.39, 0.29) is 15.0 Å². The van der Waals surface area contributed by atoms with Crippen LogP contribution < -0.4 is 0 Å². The average Bonchev–Trinajstić information content (AvgIpc) is 2.16. The molecule has 0 amide bonds. The number of nitriles is 1. The molecule has 0 aliphatic carbocycles. The van der Waals surface area contributed by atoms with E-state index in [9.17, 15) is 0 Å². The van der Waals surface area contributed by atoms with Crippen molar-refractivity contribution in [1.29, 1.82) is 5.26 Å². The van der Waals surface area contributed by atoms with Gasteiger partial charge in [-0.15, -0.1) is 0 Å². The third kappa shape index (κ3) is 12.0. The summed E-state index contributed by atoms with van der Waals surface area (Å²) >= 11 is 0.266. The van der Waals surface area contributed by atoms with Crippen molar-refractivity contribution >= 4 is 15.0 Å². The van der Waals surface area contributed by atoms with Crippen molar-refractivity contribution in [2.45, 2.75) is 63.6 Å². The fourth-order valence-corrected chi connectivity index (χ4v) is 2.28. The molecule has 0 aromatic heterocycles. The van der Waals surface area contributed by atoms with E-state index >= 15 is 0 Å². The van der Waals surface area contributed by atoms with Gasteiger partial charge in [-0.2, -0.15) is 0 Å². The molecule has 0 aliphatic rings. The van der Waals surface area contributed by atoms with Gasteiger partial charge in [0.05, 0.1) is 0 Å². The van der Waals surface area contributed by atoms with Gasteiger partial charge in [-0.25, -0.2) is 0 Å². The van der Waals surface area contributed by atoms with Crippen molar-refractivity contribution in [3.63, 3.8) is 0 Å². The minimum atomic E-state index is 0.266. The van der Waals surface area contributed by atoms with Crippen LogP contribution in [0.25, 0.3) is 0 Å². The topological polar surface area (TPSA) is 23.8 Å². The second-order valence-corrected chi connectivity index (χ2v) is 5.26. The van der Waals surface area contributed by atoms with Crippen LogP contribution in [0.5, 0.6) is 0 Å². The Hall–Kier alpha value is 0.00948. The Morgan fingerprint density at radius 2 is 1.46 bits per heavy atom. The van der Waals surface area contributed by atoms with Crippen LogP contribution in [0.1, 0.15) is 58.3 Å². The molecule has 0 spiro atoms. The molecule has 2 heteroatoms. The molecular formula is C11H21NSe. The van der Waals surface area contributed by atoms with Gasteiger partial charge in [0.15, 0.2) is 0 Å². The molecule has 0 saturated heterocycles. The zero-order chi connectivity index (χ0) is 9.78. The van der Waals surface area contributed by atoms with Crippen LogP contribution in [0.2, 0.25) is 5.32 Å². The Kier molecular flexibility index (Phi) is 12.0. The van der Waals surface area contributed by atoms with Crippen molar-refractivity contribution in [2.24, 2.45) is 0 Å². The fraction of sp³-hybridized carbons (Fsp3) is 0.909. The van der Waals surface area contributed by atoms with Crippen molar-refractivity contribution in [3.05, 3.63) is 0 Å². The first-order valence-corrected chi connectivity index (χ1v) is 7.49. The summed E-state index contributed by atoms with van der Waals surface area (Å²) in [6.45, 7) is 2.25. The normalized spacial score (nSPS) is 9.85. The molecule has 0 unspecified atom stereocenters. The molecule has 0 saturated carbocycles. The predicted molar refractivity (Wildman–Crippen MR) is 58.8 cm³/mol. The first kappa shape index (κ1) is 13.0. The van der Waals surface area contributed by atoms with Gasteiger partial charge in [-0.05, 0) is 0 Å². The van der Waals surface area contributed by atoms with E-state index in [2.05, 4.69) is 11.9 Å². The summed E-state index contributed by atoms with van der Waals surface area (Å²) in [7, 11) is 0. The zero-order valence-electron chi connectivity index (χ0n) is 8.72. The maximum atomic E-state index is 8.34. The van der Waals surface area contributed by atoms with E-state index in [0.717, 1.165) is 0 Å². The molecule has 0 atom stereocenters. The van der Waals surface area contributed by atoms with Crippen LogP contribution in [0, 0.1) is 10.2 Å². The molecule has 0 heterocycles. The van der Waals surface area contributed by atoms with E-state index in [1.165, 1.54) is 56.7 Å². The third-order valence-corrected chi connectivity index (χ3v) is 3.47. The summed E-state index contributed by atoms with van der Waals surface area (Å²) in [5.41, 5.74) is 0. The summed E-state index contributed by atoms with van der Waals surface area (Å²) in [5.74, 6) is 0. The molecule has 0 aromatic rings. The quantitative estimate of drug-likeness (QED) is 0.449. The van der Waals surface area contributed by atoms with E-state index in [1.54, 1.807) is 0 Å². The predicted octanol–water partition coefficient (Wildman–Crippen LogP) is 3.73. The number of hydrogen-bond acceptors (Lipinski definition) is 1. The maximum absolute atomic E-state index is 8.34. The summed E-state index contributed by atoms with van der Waals surface area (Å²) < 4.78 is 0. The van der Waals surface area contributed by atoms with Gasteiger partial charge in [-0.3, -0.25) is 0 Å². The monoisotopic (exact) mass is 247 g/mol. The number of unbranched alkanes of at least 4 members (excludes halogenated alkanes) is 7. The second-order valence-electron chi connectivity index (χ2n) is 3.41.